The standard InChI is InChI=1S/C23H21N3O3/c1-4-29-23(28)21-14(2)20(15(3)25-21)17-7-9-18(10-8-17)22(27)26-19-11-5-16(13-24)6-12-19/h5-12,25H,4H2,1-3H3,(H,26,27). The Labute approximate surface area is 169 Å². The fourth-order valence-electron chi connectivity index (χ4n) is 3.21. The molecule has 0 aliphatic carbocycles. The van der Waals surface area contributed by atoms with Gasteiger partial charge in [0.15, 0.2) is 0 Å². The molecular weight excluding hydrogens is 366 g/mol. The number of aromatic amines is 1. The molecule has 0 fully saturated rings. The second-order valence-corrected chi connectivity index (χ2v) is 6.57. The van der Waals surface area contributed by atoms with Crippen LogP contribution in [0.1, 0.15) is 44.6 Å². The third-order valence-corrected chi connectivity index (χ3v) is 4.62. The van der Waals surface area contributed by atoms with Gasteiger partial charge in [-0.25, -0.2) is 4.79 Å². The van der Waals surface area contributed by atoms with Crippen LogP contribution in [0.15, 0.2) is 48.5 Å². The van der Waals surface area contributed by atoms with Gasteiger partial charge in [0.25, 0.3) is 5.91 Å². The minimum absolute atomic E-state index is 0.240. The first kappa shape index (κ1) is 19.9. The minimum atomic E-state index is -0.377. The van der Waals surface area contributed by atoms with Crippen LogP contribution in [0.2, 0.25) is 0 Å². The molecule has 0 bridgehead atoms. The normalized spacial score (nSPS) is 10.3. The zero-order valence-corrected chi connectivity index (χ0v) is 16.5. The summed E-state index contributed by atoms with van der Waals surface area (Å²) >= 11 is 0. The van der Waals surface area contributed by atoms with Crippen LogP contribution < -0.4 is 5.32 Å². The van der Waals surface area contributed by atoms with E-state index in [9.17, 15) is 9.59 Å². The van der Waals surface area contributed by atoms with E-state index in [1.165, 1.54) is 0 Å². The zero-order valence-electron chi connectivity index (χ0n) is 16.5. The Morgan fingerprint density at radius 2 is 1.72 bits per heavy atom. The Bertz CT molecular complexity index is 1090. The summed E-state index contributed by atoms with van der Waals surface area (Å²) in [5, 5.41) is 11.6. The predicted molar refractivity (Wildman–Crippen MR) is 111 cm³/mol. The zero-order chi connectivity index (χ0) is 21.0. The van der Waals surface area contributed by atoms with Gasteiger partial charge in [-0.05, 0) is 68.3 Å². The van der Waals surface area contributed by atoms with Crippen molar-refractivity contribution in [3.05, 3.63) is 76.6 Å². The van der Waals surface area contributed by atoms with E-state index in [1.54, 1.807) is 43.3 Å². The van der Waals surface area contributed by atoms with E-state index < -0.39 is 0 Å². The van der Waals surface area contributed by atoms with Crippen molar-refractivity contribution in [1.29, 1.82) is 5.26 Å². The molecule has 3 aromatic rings. The van der Waals surface area contributed by atoms with Crippen LogP contribution >= 0.6 is 0 Å². The molecule has 0 unspecified atom stereocenters. The number of nitrogens with zero attached hydrogens (tertiary/aromatic N) is 1. The number of H-pyrrole nitrogens is 1. The van der Waals surface area contributed by atoms with Gasteiger partial charge in [0, 0.05) is 22.5 Å². The van der Waals surface area contributed by atoms with Gasteiger partial charge < -0.3 is 15.0 Å². The molecule has 3 rings (SSSR count). The number of aromatic nitrogens is 1. The van der Waals surface area contributed by atoms with Crippen LogP contribution in [0.4, 0.5) is 5.69 Å². The van der Waals surface area contributed by atoms with Crippen molar-refractivity contribution in [2.75, 3.05) is 11.9 Å². The molecule has 2 aromatic carbocycles. The monoisotopic (exact) mass is 387 g/mol. The number of rotatable bonds is 5. The maximum absolute atomic E-state index is 12.5. The van der Waals surface area contributed by atoms with E-state index in [4.69, 9.17) is 10.00 Å². The van der Waals surface area contributed by atoms with Crippen molar-refractivity contribution in [1.82, 2.24) is 4.98 Å². The van der Waals surface area contributed by atoms with Crippen molar-refractivity contribution in [3.63, 3.8) is 0 Å². The quantitative estimate of drug-likeness (QED) is 0.626. The summed E-state index contributed by atoms with van der Waals surface area (Å²) < 4.78 is 5.09. The molecule has 0 aliphatic heterocycles. The lowest BCUT2D eigenvalue weighted by Crippen LogP contribution is -2.11. The number of carbonyl (C=O) groups excluding carboxylic acids is 2. The fourth-order valence-corrected chi connectivity index (χ4v) is 3.21. The largest absolute Gasteiger partial charge is 0.461 e. The van der Waals surface area contributed by atoms with Crippen LogP contribution in [-0.4, -0.2) is 23.5 Å². The summed E-state index contributed by atoms with van der Waals surface area (Å²) in [7, 11) is 0. The third-order valence-electron chi connectivity index (χ3n) is 4.62. The number of carbonyl (C=O) groups is 2. The first-order valence-electron chi connectivity index (χ1n) is 9.22. The molecule has 0 aliphatic rings. The van der Waals surface area contributed by atoms with Gasteiger partial charge in [0.1, 0.15) is 5.69 Å². The van der Waals surface area contributed by atoms with Crippen molar-refractivity contribution < 1.29 is 14.3 Å². The summed E-state index contributed by atoms with van der Waals surface area (Å²) in [6.45, 7) is 5.85. The number of esters is 1. The Hall–Kier alpha value is -3.85. The van der Waals surface area contributed by atoms with E-state index in [0.717, 1.165) is 22.4 Å². The lowest BCUT2D eigenvalue weighted by molar-refractivity contribution is 0.0519. The second kappa shape index (κ2) is 8.44. The van der Waals surface area contributed by atoms with Gasteiger partial charge >= 0.3 is 5.97 Å². The van der Waals surface area contributed by atoms with E-state index in [1.807, 2.05) is 32.0 Å². The van der Waals surface area contributed by atoms with Crippen LogP contribution in [0.3, 0.4) is 0 Å². The number of nitrogens with one attached hydrogen (secondary N) is 2. The van der Waals surface area contributed by atoms with Gasteiger partial charge in [-0.3, -0.25) is 4.79 Å². The molecular formula is C23H21N3O3. The molecule has 1 heterocycles. The van der Waals surface area contributed by atoms with Gasteiger partial charge in [-0.1, -0.05) is 12.1 Å². The Morgan fingerprint density at radius 1 is 1.07 bits per heavy atom. The lowest BCUT2D eigenvalue weighted by atomic mass is 10.00. The SMILES string of the molecule is CCOC(=O)c1[nH]c(C)c(-c2ccc(C(=O)Nc3ccc(C#N)cc3)cc2)c1C. The van der Waals surface area contributed by atoms with Gasteiger partial charge in [0.05, 0.1) is 18.2 Å². The second-order valence-electron chi connectivity index (χ2n) is 6.57. The van der Waals surface area contributed by atoms with Crippen molar-refractivity contribution in [2.24, 2.45) is 0 Å². The van der Waals surface area contributed by atoms with Crippen molar-refractivity contribution in [3.8, 4) is 17.2 Å². The molecule has 0 spiro atoms. The summed E-state index contributed by atoms with van der Waals surface area (Å²) in [4.78, 5) is 27.7. The number of hydrogen-bond donors (Lipinski definition) is 2. The van der Waals surface area contributed by atoms with Gasteiger partial charge in [0.2, 0.25) is 0 Å². The molecule has 1 aromatic heterocycles. The van der Waals surface area contributed by atoms with E-state index in [-0.39, 0.29) is 11.9 Å². The number of nitriles is 1. The van der Waals surface area contributed by atoms with E-state index in [2.05, 4.69) is 10.3 Å². The fraction of sp³-hybridized carbons (Fsp3) is 0.174. The molecule has 146 valence electrons. The average Bonchev–Trinajstić information content (AvgIpc) is 3.03. The average molecular weight is 387 g/mol. The van der Waals surface area contributed by atoms with Crippen LogP contribution in [0, 0.1) is 25.2 Å². The highest BCUT2D eigenvalue weighted by molar-refractivity contribution is 6.04. The van der Waals surface area contributed by atoms with E-state index >= 15 is 0 Å². The maximum Gasteiger partial charge on any atom is 0.355 e. The molecule has 6 heteroatoms. The summed E-state index contributed by atoms with van der Waals surface area (Å²) in [6, 6.07) is 15.9. The number of aryl methyl sites for hydroxylation is 1. The predicted octanol–water partition coefficient (Wildman–Crippen LogP) is 4.60. The Morgan fingerprint density at radius 3 is 2.31 bits per heavy atom. The highest BCUT2D eigenvalue weighted by atomic mass is 16.5. The molecule has 29 heavy (non-hydrogen) atoms. The van der Waals surface area contributed by atoms with Crippen LogP contribution in [0.5, 0.6) is 0 Å². The number of anilines is 1. The molecule has 6 nitrogen and oxygen atoms in total. The molecule has 0 atom stereocenters. The van der Waals surface area contributed by atoms with Gasteiger partial charge in [-0.15, -0.1) is 0 Å². The van der Waals surface area contributed by atoms with Gasteiger partial charge in [-0.2, -0.15) is 5.26 Å². The van der Waals surface area contributed by atoms with E-state index in [0.29, 0.717) is 29.1 Å². The summed E-state index contributed by atoms with van der Waals surface area (Å²) in [6.07, 6.45) is 0. The number of benzene rings is 2. The molecule has 0 radical (unpaired) electrons. The molecule has 1 amide bonds. The van der Waals surface area contributed by atoms with Crippen LogP contribution in [0.25, 0.3) is 11.1 Å². The van der Waals surface area contributed by atoms with Crippen LogP contribution in [-0.2, 0) is 4.74 Å². The topological polar surface area (TPSA) is 95.0 Å². The van der Waals surface area contributed by atoms with Crippen molar-refractivity contribution in [2.45, 2.75) is 20.8 Å². The summed E-state index contributed by atoms with van der Waals surface area (Å²) in [5.74, 6) is -0.617. The lowest BCUT2D eigenvalue weighted by Gasteiger charge is -2.07. The molecule has 2 N–H and O–H groups in total. The number of hydrogen-bond acceptors (Lipinski definition) is 4. The first-order chi connectivity index (χ1) is 13.9. The summed E-state index contributed by atoms with van der Waals surface area (Å²) in [5.41, 5.74) is 5.61. The third kappa shape index (κ3) is 4.19. The first-order valence-corrected chi connectivity index (χ1v) is 9.22. The smallest absolute Gasteiger partial charge is 0.355 e. The highest BCUT2D eigenvalue weighted by Gasteiger charge is 2.19. The molecule has 0 saturated carbocycles. The Kier molecular flexibility index (Phi) is 5.79. The van der Waals surface area contributed by atoms with Crippen molar-refractivity contribution >= 4 is 17.6 Å². The minimum Gasteiger partial charge on any atom is -0.461 e. The number of amides is 1. The Balaban J connectivity index is 1.80. The molecule has 0 saturated heterocycles. The maximum atomic E-state index is 12.5. The number of ether oxygens (including phenoxy) is 1. The highest BCUT2D eigenvalue weighted by Crippen LogP contribution is 2.30.